The summed E-state index contributed by atoms with van der Waals surface area (Å²) in [4.78, 5) is 26.4. The molecule has 3 rings (SSSR count). The van der Waals surface area contributed by atoms with Crippen LogP contribution < -0.4 is 4.74 Å². The summed E-state index contributed by atoms with van der Waals surface area (Å²) in [6, 6.07) is 13.5. The molecule has 138 valence electrons. The molecule has 6 nitrogen and oxygen atoms in total. The van der Waals surface area contributed by atoms with Gasteiger partial charge in [-0.25, -0.2) is 4.79 Å². The van der Waals surface area contributed by atoms with E-state index in [-0.39, 0.29) is 17.5 Å². The maximum atomic E-state index is 12.7. The van der Waals surface area contributed by atoms with Gasteiger partial charge >= 0.3 is 5.97 Å². The Balaban J connectivity index is 1.76. The van der Waals surface area contributed by atoms with E-state index >= 15 is 0 Å². The fraction of sp³-hybridized carbons (Fsp3) is 0.250. The number of methoxy groups -OCH3 is 1. The topological polar surface area (TPSA) is 79.6 Å². The van der Waals surface area contributed by atoms with Crippen LogP contribution in [0.15, 0.2) is 42.5 Å². The number of carbonyl (C=O) groups excluding carboxylic acids is 2. The van der Waals surface area contributed by atoms with E-state index in [4.69, 9.17) is 26.3 Å². The zero-order chi connectivity index (χ0) is 19.4. The lowest BCUT2D eigenvalue weighted by molar-refractivity contribution is -0.154. The van der Waals surface area contributed by atoms with Crippen molar-refractivity contribution in [3.63, 3.8) is 0 Å². The molecule has 0 bridgehead atoms. The minimum atomic E-state index is -0.697. The summed E-state index contributed by atoms with van der Waals surface area (Å²) in [5.41, 5.74) is 2.41. The Kier molecular flexibility index (Phi) is 5.63. The maximum absolute atomic E-state index is 12.7. The lowest BCUT2D eigenvalue weighted by atomic mass is 9.94. The standard InChI is InChI=1S/C20H17ClN2O4/c1-26-20(25)17-9-14-4-2-3-5-15(14)11-23(17)19(24)12-27-18-7-6-13(10-22)8-16(18)21/h2-8,17H,9,11-12H2,1H3/t17-/m1/s1. The second-order valence-corrected chi connectivity index (χ2v) is 6.49. The number of nitriles is 1. The molecule has 0 saturated heterocycles. The molecule has 1 atom stereocenters. The first-order valence-electron chi connectivity index (χ1n) is 8.30. The first-order valence-corrected chi connectivity index (χ1v) is 8.67. The lowest BCUT2D eigenvalue weighted by Crippen LogP contribution is -2.50. The molecule has 0 aliphatic carbocycles. The van der Waals surface area contributed by atoms with Crippen LogP contribution in [0.25, 0.3) is 0 Å². The van der Waals surface area contributed by atoms with Crippen molar-refractivity contribution in [2.45, 2.75) is 19.0 Å². The average molecular weight is 385 g/mol. The van der Waals surface area contributed by atoms with Gasteiger partial charge in [-0.1, -0.05) is 35.9 Å². The summed E-state index contributed by atoms with van der Waals surface area (Å²) in [6.45, 7) is 0.0283. The summed E-state index contributed by atoms with van der Waals surface area (Å²) < 4.78 is 10.4. The van der Waals surface area contributed by atoms with Gasteiger partial charge in [0, 0.05) is 13.0 Å². The van der Waals surface area contributed by atoms with E-state index in [0.717, 1.165) is 11.1 Å². The van der Waals surface area contributed by atoms with Crippen molar-refractivity contribution in [3.8, 4) is 11.8 Å². The normalized spacial score (nSPS) is 15.4. The fourth-order valence-electron chi connectivity index (χ4n) is 3.04. The van der Waals surface area contributed by atoms with E-state index in [1.807, 2.05) is 30.3 Å². The number of carbonyl (C=O) groups is 2. The minimum Gasteiger partial charge on any atom is -0.482 e. The third-order valence-electron chi connectivity index (χ3n) is 4.45. The van der Waals surface area contributed by atoms with Crippen molar-refractivity contribution >= 4 is 23.5 Å². The van der Waals surface area contributed by atoms with Gasteiger partial charge in [-0.15, -0.1) is 0 Å². The number of esters is 1. The first-order chi connectivity index (χ1) is 13.0. The number of amides is 1. The SMILES string of the molecule is COC(=O)[C@H]1Cc2ccccc2CN1C(=O)COc1ccc(C#N)cc1Cl. The molecule has 0 radical (unpaired) electrons. The largest absolute Gasteiger partial charge is 0.482 e. The molecular formula is C20H17ClN2O4. The lowest BCUT2D eigenvalue weighted by Gasteiger charge is -2.35. The molecule has 7 heteroatoms. The van der Waals surface area contributed by atoms with Gasteiger partial charge in [-0.2, -0.15) is 5.26 Å². The maximum Gasteiger partial charge on any atom is 0.328 e. The molecule has 0 spiro atoms. The molecule has 0 saturated carbocycles. The van der Waals surface area contributed by atoms with Crippen LogP contribution in [0.5, 0.6) is 5.75 Å². The molecule has 0 unspecified atom stereocenters. The Labute approximate surface area is 161 Å². The van der Waals surface area contributed by atoms with Gasteiger partial charge in [0.15, 0.2) is 6.61 Å². The Hall–Kier alpha value is -3.04. The third-order valence-corrected chi connectivity index (χ3v) is 4.75. The monoisotopic (exact) mass is 384 g/mol. The molecule has 2 aromatic rings. The van der Waals surface area contributed by atoms with Gasteiger partial charge in [-0.05, 0) is 29.3 Å². The highest BCUT2D eigenvalue weighted by Crippen LogP contribution is 2.27. The van der Waals surface area contributed by atoms with Crippen molar-refractivity contribution in [2.24, 2.45) is 0 Å². The van der Waals surface area contributed by atoms with E-state index in [1.165, 1.54) is 24.1 Å². The summed E-state index contributed by atoms with van der Waals surface area (Å²) >= 11 is 6.07. The molecule has 1 heterocycles. The number of hydrogen-bond acceptors (Lipinski definition) is 5. The van der Waals surface area contributed by atoms with Crippen LogP contribution in [0.2, 0.25) is 5.02 Å². The van der Waals surface area contributed by atoms with Crippen molar-refractivity contribution < 1.29 is 19.1 Å². The molecule has 1 aliphatic heterocycles. The Morgan fingerprint density at radius 2 is 2.00 bits per heavy atom. The second-order valence-electron chi connectivity index (χ2n) is 6.08. The van der Waals surface area contributed by atoms with Crippen LogP contribution in [0.1, 0.15) is 16.7 Å². The molecule has 1 aliphatic rings. The molecule has 0 N–H and O–H groups in total. The van der Waals surface area contributed by atoms with Crippen LogP contribution in [-0.4, -0.2) is 36.5 Å². The number of ether oxygens (including phenoxy) is 2. The zero-order valence-electron chi connectivity index (χ0n) is 14.6. The van der Waals surface area contributed by atoms with Crippen LogP contribution in [-0.2, 0) is 27.3 Å². The molecule has 0 aromatic heterocycles. The number of hydrogen-bond donors (Lipinski definition) is 0. The number of fused-ring (bicyclic) bond motifs is 1. The number of nitrogens with zero attached hydrogens (tertiary/aromatic N) is 2. The zero-order valence-corrected chi connectivity index (χ0v) is 15.4. The highest BCUT2D eigenvalue weighted by Gasteiger charge is 2.35. The van der Waals surface area contributed by atoms with Gasteiger partial charge in [0.1, 0.15) is 11.8 Å². The average Bonchev–Trinajstić information content (AvgIpc) is 2.70. The van der Waals surface area contributed by atoms with E-state index in [2.05, 4.69) is 0 Å². The van der Waals surface area contributed by atoms with Crippen LogP contribution in [0.3, 0.4) is 0 Å². The van der Waals surface area contributed by atoms with Crippen molar-refractivity contribution in [3.05, 3.63) is 64.2 Å². The summed E-state index contributed by atoms with van der Waals surface area (Å²) in [6.07, 6.45) is 0.395. The summed E-state index contributed by atoms with van der Waals surface area (Å²) in [7, 11) is 1.30. The molecule has 0 fully saturated rings. The fourth-order valence-corrected chi connectivity index (χ4v) is 3.28. The summed E-state index contributed by atoms with van der Waals surface area (Å²) in [5, 5.41) is 9.12. The predicted molar refractivity (Wildman–Crippen MR) is 98.2 cm³/mol. The van der Waals surface area contributed by atoms with E-state index in [9.17, 15) is 9.59 Å². The predicted octanol–water partition coefficient (Wildman–Crippen LogP) is 2.72. The quantitative estimate of drug-likeness (QED) is 0.757. The van der Waals surface area contributed by atoms with E-state index in [0.29, 0.717) is 24.3 Å². The minimum absolute atomic E-state index is 0.246. The van der Waals surface area contributed by atoms with Crippen LogP contribution >= 0.6 is 11.6 Å². The molecule has 1 amide bonds. The van der Waals surface area contributed by atoms with Gasteiger partial charge in [0.25, 0.3) is 5.91 Å². The Bertz CT molecular complexity index is 922. The van der Waals surface area contributed by atoms with Gasteiger partial charge in [-0.3, -0.25) is 4.79 Å². The van der Waals surface area contributed by atoms with Gasteiger partial charge in [0.05, 0.1) is 23.8 Å². The molecule has 27 heavy (non-hydrogen) atoms. The third kappa shape index (κ3) is 4.04. The molecule has 2 aromatic carbocycles. The van der Waals surface area contributed by atoms with Crippen molar-refractivity contribution in [1.82, 2.24) is 4.90 Å². The Morgan fingerprint density at radius 3 is 2.67 bits per heavy atom. The number of halogens is 1. The van der Waals surface area contributed by atoms with Crippen molar-refractivity contribution in [2.75, 3.05) is 13.7 Å². The van der Waals surface area contributed by atoms with Gasteiger partial charge < -0.3 is 14.4 Å². The molecular weight excluding hydrogens is 368 g/mol. The first kappa shape index (κ1) is 18.7. The van der Waals surface area contributed by atoms with Gasteiger partial charge in [0.2, 0.25) is 0 Å². The number of rotatable bonds is 4. The second kappa shape index (κ2) is 8.11. The summed E-state index contributed by atoms with van der Waals surface area (Å²) in [5.74, 6) is -0.509. The highest BCUT2D eigenvalue weighted by molar-refractivity contribution is 6.32. The van der Waals surface area contributed by atoms with Crippen molar-refractivity contribution in [1.29, 1.82) is 5.26 Å². The Morgan fingerprint density at radius 1 is 1.26 bits per heavy atom. The highest BCUT2D eigenvalue weighted by atomic mass is 35.5. The smallest absolute Gasteiger partial charge is 0.328 e. The van der Waals surface area contributed by atoms with E-state index in [1.54, 1.807) is 6.07 Å². The van der Waals surface area contributed by atoms with E-state index < -0.39 is 12.0 Å². The van der Waals surface area contributed by atoms with Crippen LogP contribution in [0, 0.1) is 11.3 Å². The number of benzene rings is 2. The van der Waals surface area contributed by atoms with Crippen LogP contribution in [0.4, 0.5) is 0 Å².